The van der Waals surface area contributed by atoms with Crippen molar-refractivity contribution in [2.45, 2.75) is 12.7 Å². The Hall–Kier alpha value is -5.19. The monoisotopic (exact) mass is 548 g/mol. The highest BCUT2D eigenvalue weighted by Crippen LogP contribution is 2.35. The molecule has 0 aliphatic rings. The van der Waals surface area contributed by atoms with Gasteiger partial charge in [0.1, 0.15) is 17.2 Å². The average Bonchev–Trinajstić information content (AvgIpc) is 2.95. The summed E-state index contributed by atoms with van der Waals surface area (Å²) in [5.41, 5.74) is -0.855. The first-order valence-corrected chi connectivity index (χ1v) is 11.9. The molecule has 0 saturated heterocycles. The zero-order valence-electron chi connectivity index (χ0n) is 21.1. The highest BCUT2D eigenvalue weighted by atomic mass is 19.4. The van der Waals surface area contributed by atoms with Crippen LogP contribution in [0.4, 0.5) is 18.9 Å². The maximum Gasteiger partial charge on any atom is 0.416 e. The number of aromatic nitrogens is 1. The van der Waals surface area contributed by atoms with E-state index in [2.05, 4.69) is 27.5 Å². The first-order chi connectivity index (χ1) is 19.1. The van der Waals surface area contributed by atoms with Gasteiger partial charge in [0, 0.05) is 42.5 Å². The quantitative estimate of drug-likeness (QED) is 0.254. The average molecular weight is 549 g/mol. The lowest BCUT2D eigenvalue weighted by Gasteiger charge is -2.16. The molecule has 204 valence electrons. The van der Waals surface area contributed by atoms with E-state index in [4.69, 9.17) is 4.74 Å². The Morgan fingerprint density at radius 2 is 1.73 bits per heavy atom. The molecule has 0 saturated carbocycles. The number of fused-ring (bicyclic) bond motifs is 1. The molecule has 0 aliphatic carbocycles. The van der Waals surface area contributed by atoms with Crippen molar-refractivity contribution in [3.63, 3.8) is 0 Å². The molecule has 11 heteroatoms. The van der Waals surface area contributed by atoms with Crippen molar-refractivity contribution < 1.29 is 32.3 Å². The molecule has 40 heavy (non-hydrogen) atoms. The zero-order chi connectivity index (χ0) is 28.9. The van der Waals surface area contributed by atoms with Gasteiger partial charge in [0.15, 0.2) is 0 Å². The zero-order valence-corrected chi connectivity index (χ0v) is 21.1. The number of anilines is 1. The Morgan fingerprint density at radius 3 is 2.45 bits per heavy atom. The van der Waals surface area contributed by atoms with E-state index < -0.39 is 23.6 Å². The van der Waals surface area contributed by atoms with Crippen molar-refractivity contribution in [1.82, 2.24) is 15.6 Å². The molecule has 3 amide bonds. The number of benzene rings is 3. The first-order valence-electron chi connectivity index (χ1n) is 11.9. The van der Waals surface area contributed by atoms with E-state index in [0.29, 0.717) is 22.3 Å². The minimum Gasteiger partial charge on any atom is -0.457 e. The third-order valence-electron chi connectivity index (χ3n) is 5.86. The predicted octanol–water partition coefficient (Wildman–Crippen LogP) is 5.46. The molecule has 4 rings (SSSR count). The summed E-state index contributed by atoms with van der Waals surface area (Å²) in [6.07, 6.45) is -2.33. The summed E-state index contributed by atoms with van der Waals surface area (Å²) in [7, 11) is 1.48. The van der Waals surface area contributed by atoms with Crippen LogP contribution in [0.3, 0.4) is 0 Å². The number of alkyl halides is 3. The fourth-order valence-electron chi connectivity index (χ4n) is 3.95. The molecule has 0 spiro atoms. The molecule has 3 N–H and O–H groups in total. The summed E-state index contributed by atoms with van der Waals surface area (Å²) in [5.74, 6) is -0.882. The minimum atomic E-state index is -4.72. The number of halogens is 3. The Morgan fingerprint density at radius 1 is 0.975 bits per heavy atom. The van der Waals surface area contributed by atoms with Crippen LogP contribution in [0.15, 0.2) is 85.6 Å². The smallest absolute Gasteiger partial charge is 0.416 e. The number of amides is 3. The number of rotatable bonds is 8. The Bertz CT molecular complexity index is 1620. The van der Waals surface area contributed by atoms with Gasteiger partial charge < -0.3 is 20.7 Å². The van der Waals surface area contributed by atoms with Crippen LogP contribution in [-0.2, 0) is 17.5 Å². The highest BCUT2D eigenvalue weighted by molar-refractivity contribution is 6.13. The second kappa shape index (κ2) is 11.7. The van der Waals surface area contributed by atoms with Gasteiger partial charge in [-0.05, 0) is 47.4 Å². The molecule has 3 aromatic carbocycles. The van der Waals surface area contributed by atoms with Crippen LogP contribution >= 0.6 is 0 Å². The molecule has 0 unspecified atom stereocenters. The molecular weight excluding hydrogens is 525 g/mol. The minimum absolute atomic E-state index is 0.0703. The third kappa shape index (κ3) is 6.26. The summed E-state index contributed by atoms with van der Waals surface area (Å²) in [4.78, 5) is 40.5. The van der Waals surface area contributed by atoms with Crippen molar-refractivity contribution in [2.75, 3.05) is 12.4 Å². The van der Waals surface area contributed by atoms with E-state index in [1.165, 1.54) is 31.4 Å². The summed E-state index contributed by atoms with van der Waals surface area (Å²) in [6, 6.07) is 16.3. The van der Waals surface area contributed by atoms with Crippen LogP contribution in [0.1, 0.15) is 32.0 Å². The summed E-state index contributed by atoms with van der Waals surface area (Å²) in [5, 5.41) is 8.40. The van der Waals surface area contributed by atoms with Crippen LogP contribution in [0, 0.1) is 0 Å². The molecule has 0 atom stereocenters. The largest absolute Gasteiger partial charge is 0.457 e. The number of nitrogens with one attached hydrogen (secondary N) is 3. The first kappa shape index (κ1) is 27.8. The SMILES string of the molecule is C=CC(=O)NCc1ccc(NC(=O)c2cccc3c(Oc4ccnc(C(=O)NC)c4)cccc23)cc1C(F)(F)F. The summed E-state index contributed by atoms with van der Waals surface area (Å²) in [6.45, 7) is 2.91. The van der Waals surface area contributed by atoms with Crippen molar-refractivity contribution in [3.8, 4) is 11.5 Å². The Balaban J connectivity index is 1.62. The molecule has 0 aliphatic heterocycles. The van der Waals surface area contributed by atoms with E-state index in [1.807, 2.05) is 0 Å². The van der Waals surface area contributed by atoms with Gasteiger partial charge >= 0.3 is 6.18 Å². The van der Waals surface area contributed by atoms with Gasteiger partial charge in [-0.2, -0.15) is 13.2 Å². The van der Waals surface area contributed by atoms with Gasteiger partial charge in [0.25, 0.3) is 11.8 Å². The van der Waals surface area contributed by atoms with Crippen molar-refractivity contribution in [3.05, 3.63) is 108 Å². The van der Waals surface area contributed by atoms with E-state index in [-0.39, 0.29) is 35.0 Å². The van der Waals surface area contributed by atoms with Gasteiger partial charge in [0.2, 0.25) is 5.91 Å². The second-order valence-electron chi connectivity index (χ2n) is 8.46. The molecule has 8 nitrogen and oxygen atoms in total. The van der Waals surface area contributed by atoms with Gasteiger partial charge in [-0.25, -0.2) is 0 Å². The van der Waals surface area contributed by atoms with Crippen LogP contribution in [0.2, 0.25) is 0 Å². The number of hydrogen-bond acceptors (Lipinski definition) is 5. The highest BCUT2D eigenvalue weighted by Gasteiger charge is 2.33. The third-order valence-corrected chi connectivity index (χ3v) is 5.86. The van der Waals surface area contributed by atoms with Crippen molar-refractivity contribution >= 4 is 34.2 Å². The lowest BCUT2D eigenvalue weighted by Crippen LogP contribution is -2.22. The number of pyridine rings is 1. The van der Waals surface area contributed by atoms with Crippen LogP contribution in [0.5, 0.6) is 11.5 Å². The fourth-order valence-corrected chi connectivity index (χ4v) is 3.95. The van der Waals surface area contributed by atoms with Gasteiger partial charge in [-0.15, -0.1) is 0 Å². The second-order valence-corrected chi connectivity index (χ2v) is 8.46. The predicted molar refractivity (Wildman–Crippen MR) is 143 cm³/mol. The molecule has 0 bridgehead atoms. The van der Waals surface area contributed by atoms with Crippen LogP contribution in [-0.4, -0.2) is 29.8 Å². The van der Waals surface area contributed by atoms with Crippen LogP contribution < -0.4 is 20.7 Å². The molecule has 0 fully saturated rings. The van der Waals surface area contributed by atoms with Crippen molar-refractivity contribution in [1.29, 1.82) is 0 Å². The Kier molecular flexibility index (Phi) is 8.13. The van der Waals surface area contributed by atoms with Crippen LogP contribution in [0.25, 0.3) is 10.8 Å². The lowest BCUT2D eigenvalue weighted by molar-refractivity contribution is -0.138. The maximum absolute atomic E-state index is 13.7. The van der Waals surface area contributed by atoms with E-state index in [1.54, 1.807) is 42.5 Å². The topological polar surface area (TPSA) is 109 Å². The molecule has 0 radical (unpaired) electrons. The van der Waals surface area contributed by atoms with E-state index in [9.17, 15) is 27.6 Å². The summed E-state index contributed by atoms with van der Waals surface area (Å²) >= 11 is 0. The van der Waals surface area contributed by atoms with E-state index in [0.717, 1.165) is 12.1 Å². The number of carbonyl (C=O) groups excluding carboxylic acids is 3. The number of hydrogen-bond donors (Lipinski definition) is 3. The standard InChI is InChI=1S/C29H23F3N4O4/c1-3-26(37)35-16-17-10-11-18(14-23(17)29(30,31)32)36-27(38)22-8-4-7-21-20(22)6-5-9-25(21)40-19-12-13-34-24(15-19)28(39)33-2/h3-15H,1,16H2,2H3,(H,33,39)(H,35,37)(H,36,38). The van der Waals surface area contributed by atoms with Gasteiger partial charge in [0.05, 0.1) is 5.56 Å². The van der Waals surface area contributed by atoms with Gasteiger partial charge in [-0.3, -0.25) is 19.4 Å². The fraction of sp³-hybridized carbons (Fsp3) is 0.103. The Labute approximate surface area is 226 Å². The van der Waals surface area contributed by atoms with Gasteiger partial charge in [-0.1, -0.05) is 36.9 Å². The maximum atomic E-state index is 13.7. The van der Waals surface area contributed by atoms with E-state index >= 15 is 0 Å². The molecule has 4 aromatic rings. The number of nitrogens with zero attached hydrogens (tertiary/aromatic N) is 1. The van der Waals surface area contributed by atoms with Crippen molar-refractivity contribution in [2.24, 2.45) is 0 Å². The summed E-state index contributed by atoms with van der Waals surface area (Å²) < 4.78 is 47.2. The molecule has 1 heterocycles. The lowest BCUT2D eigenvalue weighted by atomic mass is 10.0. The normalized spacial score (nSPS) is 11.0. The molecule has 1 aromatic heterocycles. The number of ether oxygens (including phenoxy) is 1. The molecular formula is C29H23F3N4O4. The number of carbonyl (C=O) groups is 3.